The normalized spacial score (nSPS) is 16.1. The van der Waals surface area contributed by atoms with E-state index in [2.05, 4.69) is 10.6 Å². The van der Waals surface area contributed by atoms with E-state index in [1.165, 1.54) is 6.20 Å². The Labute approximate surface area is 154 Å². The van der Waals surface area contributed by atoms with Gasteiger partial charge in [0.15, 0.2) is 0 Å². The van der Waals surface area contributed by atoms with Crippen LogP contribution in [0.2, 0.25) is 0 Å². The highest BCUT2D eigenvalue weighted by Crippen LogP contribution is 2.15. The molecule has 140 valence electrons. The fourth-order valence-electron chi connectivity index (χ4n) is 2.27. The Bertz CT molecular complexity index is 529. The minimum absolute atomic E-state index is 0.0316. The molecule has 2 amide bonds. The molecular weight excluding hydrogens is 344 g/mol. The third-order valence-corrected chi connectivity index (χ3v) is 3.84. The van der Waals surface area contributed by atoms with Crippen molar-refractivity contribution in [1.82, 2.24) is 15.5 Å². The molecule has 8 heteroatoms. The number of halogens is 1. The van der Waals surface area contributed by atoms with Crippen LogP contribution in [0.1, 0.15) is 40.0 Å². The van der Waals surface area contributed by atoms with Crippen LogP contribution >= 0.6 is 11.6 Å². The lowest BCUT2D eigenvalue weighted by Crippen LogP contribution is -2.45. The third-order valence-electron chi connectivity index (χ3n) is 3.57. The van der Waals surface area contributed by atoms with Crippen LogP contribution in [0.5, 0.6) is 0 Å². The minimum atomic E-state index is -0.507. The van der Waals surface area contributed by atoms with E-state index in [1.54, 1.807) is 4.90 Å². The molecule has 2 N–H and O–H groups in total. The average Bonchev–Trinajstić information content (AvgIpc) is 2.54. The standard InChI is InChI=1S/C17H27ClN4O3/c1-17(2,3)25-16(24)22-9-5-14(6-10-22)21-12-13(11-19)15(23)20-8-4-7-18/h12,14,21H,4-10H2,1-3H3,(H,20,23)/b13-12-. The van der Waals surface area contributed by atoms with Crippen molar-refractivity contribution in [3.05, 3.63) is 11.8 Å². The van der Waals surface area contributed by atoms with Gasteiger partial charge in [0.1, 0.15) is 17.2 Å². The van der Waals surface area contributed by atoms with E-state index in [1.807, 2.05) is 26.8 Å². The number of alkyl halides is 1. The van der Waals surface area contributed by atoms with Crippen LogP contribution in [-0.2, 0) is 9.53 Å². The molecule has 0 aliphatic carbocycles. The fraction of sp³-hybridized carbons (Fsp3) is 0.706. The number of carbonyl (C=O) groups is 2. The molecule has 0 unspecified atom stereocenters. The number of hydrogen-bond acceptors (Lipinski definition) is 5. The molecule has 1 heterocycles. The van der Waals surface area contributed by atoms with Gasteiger partial charge in [-0.05, 0) is 40.0 Å². The lowest BCUT2D eigenvalue weighted by molar-refractivity contribution is -0.117. The van der Waals surface area contributed by atoms with Crippen LogP contribution in [0.3, 0.4) is 0 Å². The summed E-state index contributed by atoms with van der Waals surface area (Å²) in [6.45, 7) is 7.10. The zero-order valence-corrected chi connectivity index (χ0v) is 15.9. The number of nitriles is 1. The second-order valence-electron chi connectivity index (χ2n) is 6.88. The predicted octanol–water partition coefficient (Wildman–Crippen LogP) is 2.13. The monoisotopic (exact) mass is 370 g/mol. The van der Waals surface area contributed by atoms with Crippen LogP contribution in [0.25, 0.3) is 0 Å². The second kappa shape index (κ2) is 10.1. The van der Waals surface area contributed by atoms with Gasteiger partial charge in [0.05, 0.1) is 0 Å². The maximum absolute atomic E-state index is 12.0. The number of hydrogen-bond donors (Lipinski definition) is 2. The van der Waals surface area contributed by atoms with Crippen molar-refractivity contribution in [2.24, 2.45) is 0 Å². The molecule has 0 atom stereocenters. The number of amides is 2. The largest absolute Gasteiger partial charge is 0.444 e. The smallest absolute Gasteiger partial charge is 0.410 e. The van der Waals surface area contributed by atoms with Crippen LogP contribution in [-0.4, -0.2) is 54.1 Å². The Balaban J connectivity index is 2.43. The maximum Gasteiger partial charge on any atom is 0.410 e. The first-order valence-corrected chi connectivity index (χ1v) is 8.98. The summed E-state index contributed by atoms with van der Waals surface area (Å²) < 4.78 is 5.36. The first kappa shape index (κ1) is 21.1. The van der Waals surface area contributed by atoms with Gasteiger partial charge < -0.3 is 20.3 Å². The Morgan fingerprint density at radius 3 is 2.52 bits per heavy atom. The summed E-state index contributed by atoms with van der Waals surface area (Å²) in [5.41, 5.74) is -0.475. The fourth-order valence-corrected chi connectivity index (χ4v) is 2.40. The number of ether oxygens (including phenoxy) is 1. The second-order valence-corrected chi connectivity index (χ2v) is 7.25. The van der Waals surface area contributed by atoms with E-state index >= 15 is 0 Å². The molecule has 1 fully saturated rings. The summed E-state index contributed by atoms with van der Waals surface area (Å²) in [6, 6.07) is 2.00. The zero-order valence-electron chi connectivity index (χ0n) is 15.1. The summed E-state index contributed by atoms with van der Waals surface area (Å²) in [4.78, 5) is 25.5. The van der Waals surface area contributed by atoms with E-state index in [4.69, 9.17) is 21.6 Å². The van der Waals surface area contributed by atoms with Gasteiger partial charge in [0.25, 0.3) is 5.91 Å². The molecule has 1 aliphatic heterocycles. The lowest BCUT2D eigenvalue weighted by Gasteiger charge is -2.33. The maximum atomic E-state index is 12.0. The summed E-state index contributed by atoms with van der Waals surface area (Å²) in [5.74, 6) is 0.0479. The van der Waals surface area contributed by atoms with Crippen LogP contribution in [0, 0.1) is 11.3 Å². The molecule has 0 aromatic carbocycles. The minimum Gasteiger partial charge on any atom is -0.444 e. The number of nitrogens with one attached hydrogen (secondary N) is 2. The lowest BCUT2D eigenvalue weighted by atomic mass is 10.1. The van der Waals surface area contributed by atoms with Crippen molar-refractivity contribution in [3.8, 4) is 6.07 Å². The van der Waals surface area contributed by atoms with Gasteiger partial charge in [-0.2, -0.15) is 5.26 Å². The molecule has 25 heavy (non-hydrogen) atoms. The number of likely N-dealkylation sites (tertiary alicyclic amines) is 1. The summed E-state index contributed by atoms with van der Waals surface area (Å²) >= 11 is 5.55. The molecule has 0 spiro atoms. The zero-order chi connectivity index (χ0) is 18.9. The summed E-state index contributed by atoms with van der Waals surface area (Å²) in [7, 11) is 0. The molecule has 0 radical (unpaired) electrons. The topological polar surface area (TPSA) is 94.5 Å². The van der Waals surface area contributed by atoms with E-state index in [-0.39, 0.29) is 17.7 Å². The number of piperidine rings is 1. The van der Waals surface area contributed by atoms with E-state index in [0.29, 0.717) is 31.9 Å². The van der Waals surface area contributed by atoms with Crippen molar-refractivity contribution in [2.45, 2.75) is 51.7 Å². The Morgan fingerprint density at radius 2 is 2.00 bits per heavy atom. The van der Waals surface area contributed by atoms with E-state index < -0.39 is 11.5 Å². The number of nitrogens with zero attached hydrogens (tertiary/aromatic N) is 2. The molecule has 0 aromatic heterocycles. The van der Waals surface area contributed by atoms with Gasteiger partial charge in [-0.25, -0.2) is 4.79 Å². The molecule has 1 saturated heterocycles. The molecule has 1 aliphatic rings. The van der Waals surface area contributed by atoms with Gasteiger partial charge in [-0.15, -0.1) is 11.6 Å². The van der Waals surface area contributed by atoms with Gasteiger partial charge in [-0.3, -0.25) is 4.79 Å². The van der Waals surface area contributed by atoms with Crippen molar-refractivity contribution in [3.63, 3.8) is 0 Å². The van der Waals surface area contributed by atoms with Crippen molar-refractivity contribution >= 4 is 23.6 Å². The van der Waals surface area contributed by atoms with Crippen LogP contribution < -0.4 is 10.6 Å². The summed E-state index contributed by atoms with van der Waals surface area (Å²) in [5, 5.41) is 14.8. The van der Waals surface area contributed by atoms with Crippen LogP contribution in [0.15, 0.2) is 11.8 Å². The van der Waals surface area contributed by atoms with Gasteiger partial charge >= 0.3 is 6.09 Å². The Kier molecular flexibility index (Phi) is 8.56. The first-order chi connectivity index (χ1) is 11.8. The van der Waals surface area contributed by atoms with Crippen molar-refractivity contribution < 1.29 is 14.3 Å². The number of rotatable bonds is 6. The molecular formula is C17H27ClN4O3. The molecule has 1 rings (SSSR count). The first-order valence-electron chi connectivity index (χ1n) is 8.45. The quantitative estimate of drug-likeness (QED) is 0.323. The Hall–Kier alpha value is -1.94. The highest BCUT2D eigenvalue weighted by atomic mass is 35.5. The molecule has 0 bridgehead atoms. The molecule has 7 nitrogen and oxygen atoms in total. The molecule has 0 saturated carbocycles. The van der Waals surface area contributed by atoms with E-state index in [0.717, 1.165) is 12.8 Å². The van der Waals surface area contributed by atoms with Crippen molar-refractivity contribution in [1.29, 1.82) is 5.26 Å². The van der Waals surface area contributed by atoms with Gasteiger partial charge in [0.2, 0.25) is 0 Å². The Morgan fingerprint density at radius 1 is 1.36 bits per heavy atom. The highest BCUT2D eigenvalue weighted by molar-refractivity contribution is 6.17. The molecule has 0 aromatic rings. The SMILES string of the molecule is CC(C)(C)OC(=O)N1CCC(N/C=C(/C#N)C(=O)NCCCCl)CC1. The summed E-state index contributed by atoms with van der Waals surface area (Å²) in [6.07, 6.45) is 3.25. The van der Waals surface area contributed by atoms with Crippen molar-refractivity contribution in [2.75, 3.05) is 25.5 Å². The van der Waals surface area contributed by atoms with Crippen LogP contribution in [0.4, 0.5) is 4.79 Å². The third kappa shape index (κ3) is 8.12. The average molecular weight is 371 g/mol. The number of carbonyl (C=O) groups excluding carboxylic acids is 2. The van der Waals surface area contributed by atoms with Gasteiger partial charge in [-0.1, -0.05) is 0 Å². The predicted molar refractivity (Wildman–Crippen MR) is 96.0 cm³/mol. The highest BCUT2D eigenvalue weighted by Gasteiger charge is 2.26. The van der Waals surface area contributed by atoms with E-state index in [9.17, 15) is 9.59 Å². The van der Waals surface area contributed by atoms with Gasteiger partial charge in [0, 0.05) is 37.8 Å².